The Balaban J connectivity index is 2.06. The van der Waals surface area contributed by atoms with Crippen molar-refractivity contribution in [3.63, 3.8) is 0 Å². The Kier molecular flexibility index (Phi) is 19.4. The summed E-state index contributed by atoms with van der Waals surface area (Å²) >= 11 is 0. The minimum Gasteiger partial charge on any atom is -0.462 e. The van der Waals surface area contributed by atoms with Gasteiger partial charge in [-0.25, -0.2) is 4.79 Å². The largest absolute Gasteiger partial charge is 0.654 e. The van der Waals surface area contributed by atoms with E-state index in [2.05, 4.69) is 6.58 Å². The molecular weight excluding hydrogens is 1220 g/mol. The second-order valence-corrected chi connectivity index (χ2v) is 80.7. The van der Waals surface area contributed by atoms with Crippen LogP contribution in [-0.2, 0) is 101 Å². The first-order valence-electron chi connectivity index (χ1n) is 24.2. The van der Waals surface area contributed by atoms with Gasteiger partial charge in [-0.15, -0.1) is 0 Å². The van der Waals surface area contributed by atoms with E-state index in [1.165, 1.54) is 0 Å². The van der Waals surface area contributed by atoms with Crippen LogP contribution in [0.2, 0.25) is 144 Å². The molecule has 0 aliphatic carbocycles. The van der Waals surface area contributed by atoms with E-state index in [0.717, 1.165) is 0 Å². The molecule has 40 heteroatoms. The molecule has 6 aliphatic heterocycles. The van der Waals surface area contributed by atoms with Gasteiger partial charge in [-0.05, 0) is 165 Å². The third-order valence-electron chi connectivity index (χ3n) is 8.24. The minimum absolute atomic E-state index is 0.0220. The lowest BCUT2D eigenvalue weighted by Gasteiger charge is -2.60. The molecule has 0 aromatic rings. The number of rotatable bonds is 25. The highest BCUT2D eigenvalue weighted by Gasteiger charge is 2.92. The third-order valence-corrected chi connectivity index (χ3v) is 61.0. The standard InChI is InChI=1S/C32H84O24Si16/c1-26-35-64(36-27-2,30-28-29-34-32(33)31(3)4)44-72-54-69(41-61(17,18)19)48-66(38-58(8,9)10)45-65(37-57(5,6)7)46-67(50-69,39-59(11,12)13)52-71(56-72,43-63(23,24)25)53-68(47-65,40-60(14,15)16)51-70(49-66,55-72)42-62(20,21)22/h3,26-30H2,1-2,4-25H3. The first-order chi connectivity index (χ1) is 32.1. The van der Waals surface area contributed by atoms with Gasteiger partial charge in [0, 0.05) is 24.8 Å². The summed E-state index contributed by atoms with van der Waals surface area (Å²) in [4.78, 5) is 12.6. The van der Waals surface area contributed by atoms with Gasteiger partial charge in [0.1, 0.15) is 0 Å². The smallest absolute Gasteiger partial charge is 0.462 e. The predicted octanol–water partition coefficient (Wildman–Crippen LogP) is 7.24. The average molecular weight is 1300 g/mol. The van der Waals surface area contributed by atoms with Gasteiger partial charge < -0.3 is 95.9 Å². The van der Waals surface area contributed by atoms with E-state index >= 15 is 0 Å². The van der Waals surface area contributed by atoms with Crippen molar-refractivity contribution in [3.05, 3.63) is 12.2 Å². The van der Waals surface area contributed by atoms with Gasteiger partial charge in [0.2, 0.25) is 0 Å². The normalized spacial score (nSPS) is 34.8. The summed E-state index contributed by atoms with van der Waals surface area (Å²) in [6, 6.07) is 0.0220. The number of esters is 1. The zero-order chi connectivity index (χ0) is 55.0. The van der Waals surface area contributed by atoms with E-state index in [0.29, 0.717) is 0 Å². The summed E-state index contributed by atoms with van der Waals surface area (Å²) in [6.07, 6.45) is 0.179. The van der Waals surface area contributed by atoms with Crippen molar-refractivity contribution in [1.29, 1.82) is 0 Å². The molecule has 72 heavy (non-hydrogen) atoms. The Morgan fingerprint density at radius 1 is 0.375 bits per heavy atom. The van der Waals surface area contributed by atoms with Gasteiger partial charge in [-0.3, -0.25) is 0 Å². The SMILES string of the molecule is C=C(C)C(=O)OCCC[Si](OCC)(OCC)O[Si]12O[Si]3(O[Si](C)(C)C)O[Si]4(O[Si](C)(C)C)O[Si]5(O[Si](C)(C)C)O[Si](O[Si](C)(C)C)(O3)O[Si](O[Si](C)(C)C)(O[Si](O[Si](C)(C)C)(O5)O[Si](O[Si](C)(C)C)(O4)O1)O2. The Hall–Kier alpha value is 1.80. The number of hydrogen-bond acceptors (Lipinski definition) is 24. The van der Waals surface area contributed by atoms with Crippen LogP contribution in [0.4, 0.5) is 0 Å². The predicted molar refractivity (Wildman–Crippen MR) is 295 cm³/mol. The molecule has 0 unspecified atom stereocenters. The van der Waals surface area contributed by atoms with Crippen LogP contribution in [-0.4, -0.2) is 165 Å². The molecule has 0 N–H and O–H groups in total. The van der Waals surface area contributed by atoms with Crippen molar-refractivity contribution in [1.82, 2.24) is 0 Å². The summed E-state index contributed by atoms with van der Waals surface area (Å²) in [5.74, 6) is -0.566. The fraction of sp³-hybridized carbons (Fsp3) is 0.906. The van der Waals surface area contributed by atoms with Crippen LogP contribution in [0.15, 0.2) is 12.2 Å². The van der Waals surface area contributed by atoms with Gasteiger partial charge in [-0.2, -0.15) is 0 Å². The van der Waals surface area contributed by atoms with E-state index in [9.17, 15) is 4.79 Å². The quantitative estimate of drug-likeness (QED) is 0.0380. The second kappa shape index (κ2) is 21.6. The summed E-state index contributed by atoms with van der Waals surface area (Å²) < 4.78 is 166. The lowest BCUT2D eigenvalue weighted by Crippen LogP contribution is -2.93. The van der Waals surface area contributed by atoms with Gasteiger partial charge in [-0.1, -0.05) is 6.58 Å². The van der Waals surface area contributed by atoms with Crippen LogP contribution < -0.4 is 0 Å². The Morgan fingerprint density at radius 2 is 0.569 bits per heavy atom. The number of ether oxygens (including phenoxy) is 1. The topological polar surface area (TPSA) is 229 Å². The van der Waals surface area contributed by atoms with Crippen LogP contribution in [0.25, 0.3) is 0 Å². The highest BCUT2D eigenvalue weighted by atomic mass is 28.7. The van der Waals surface area contributed by atoms with Crippen LogP contribution in [0.1, 0.15) is 27.2 Å². The maximum atomic E-state index is 12.6. The molecule has 6 aliphatic rings. The lowest BCUT2D eigenvalue weighted by molar-refractivity contribution is -0.140. The molecule has 0 saturated carbocycles. The van der Waals surface area contributed by atoms with E-state index in [-0.39, 0.29) is 37.9 Å². The molecule has 0 radical (unpaired) electrons. The highest BCUT2D eigenvalue weighted by molar-refractivity contribution is 7.04. The lowest BCUT2D eigenvalue weighted by atomic mass is 10.4. The molecule has 6 fully saturated rings. The first-order valence-corrected chi connectivity index (χ1v) is 63.1. The Bertz CT molecular complexity index is 1760. The summed E-state index contributed by atoms with van der Waals surface area (Å²) in [6.45, 7) is 49.2. The van der Waals surface area contributed by atoms with Crippen LogP contribution in [0.3, 0.4) is 0 Å². The fourth-order valence-corrected chi connectivity index (χ4v) is 72.9. The molecule has 0 aromatic heterocycles. The van der Waals surface area contributed by atoms with Gasteiger partial charge in [0.25, 0.3) is 0 Å². The summed E-state index contributed by atoms with van der Waals surface area (Å²) in [7, 11) is -67.3. The molecule has 8 bridgehead atoms. The van der Waals surface area contributed by atoms with Gasteiger partial charge in [0.15, 0.2) is 58.2 Å². The van der Waals surface area contributed by atoms with E-state index in [1.807, 2.05) is 137 Å². The zero-order valence-electron chi connectivity index (χ0n) is 47.0. The third kappa shape index (κ3) is 17.9. The van der Waals surface area contributed by atoms with Crippen molar-refractivity contribution in [2.24, 2.45) is 0 Å². The maximum Gasteiger partial charge on any atom is 0.654 e. The summed E-state index contributed by atoms with van der Waals surface area (Å²) in [5.41, 5.74) is 0.235. The summed E-state index contributed by atoms with van der Waals surface area (Å²) in [5, 5.41) is 0. The molecule has 6 saturated heterocycles. The fourth-order valence-electron chi connectivity index (χ4n) is 6.97. The molecule has 6 heterocycles. The zero-order valence-corrected chi connectivity index (χ0v) is 63.0. The van der Waals surface area contributed by atoms with Crippen molar-refractivity contribution in [3.8, 4) is 0 Å². The van der Waals surface area contributed by atoms with Gasteiger partial charge in [0.05, 0.1) is 6.61 Å². The maximum absolute atomic E-state index is 12.6. The van der Waals surface area contributed by atoms with E-state index in [4.69, 9.17) is 95.9 Å². The second-order valence-electron chi connectivity index (χ2n) is 24.4. The Morgan fingerprint density at radius 3 is 0.736 bits per heavy atom. The number of carbonyl (C=O) groups is 1. The number of carbonyl (C=O) groups excluding carboxylic acids is 1. The molecule has 420 valence electrons. The minimum atomic E-state index is -5.54. The van der Waals surface area contributed by atoms with Crippen molar-refractivity contribution in [2.75, 3.05) is 19.8 Å². The number of hydrogen-bond donors (Lipinski definition) is 0. The van der Waals surface area contributed by atoms with Crippen LogP contribution in [0, 0.1) is 0 Å². The van der Waals surface area contributed by atoms with Crippen molar-refractivity contribution < 1.29 is 101 Å². The Labute approximate surface area is 445 Å². The molecule has 0 spiro atoms. The van der Waals surface area contributed by atoms with E-state index in [1.54, 1.807) is 20.8 Å². The average Bonchev–Trinajstić information content (AvgIpc) is 3.00. The first kappa shape index (κ1) is 64.6. The van der Waals surface area contributed by atoms with Crippen LogP contribution >= 0.6 is 0 Å². The van der Waals surface area contributed by atoms with Crippen molar-refractivity contribution in [2.45, 2.75) is 171 Å². The molecule has 0 atom stereocenters. The molecule has 0 aromatic carbocycles. The molecule has 0 amide bonds. The molecular formula is C32H84O24Si16. The highest BCUT2D eigenvalue weighted by Crippen LogP contribution is 2.53. The monoisotopic (exact) mass is 1300 g/mol. The van der Waals surface area contributed by atoms with Gasteiger partial charge >= 0.3 is 87.2 Å². The molecule has 24 nitrogen and oxygen atoms in total. The molecule has 6 rings (SSSR count). The van der Waals surface area contributed by atoms with Crippen molar-refractivity contribution >= 4 is 145 Å². The van der Waals surface area contributed by atoms with E-state index < -0.39 is 145 Å². The van der Waals surface area contributed by atoms with Crippen LogP contribution in [0.5, 0.6) is 0 Å².